The number of aromatic amines is 1. The van der Waals surface area contributed by atoms with E-state index in [4.69, 9.17) is 4.98 Å². The third kappa shape index (κ3) is 4.73. The highest BCUT2D eigenvalue weighted by molar-refractivity contribution is 5.88. The summed E-state index contributed by atoms with van der Waals surface area (Å²) in [7, 11) is 0. The molecule has 5 aromatic rings. The monoisotopic (exact) mass is 477 g/mol. The maximum absolute atomic E-state index is 11.9. The van der Waals surface area contributed by atoms with Crippen LogP contribution in [0.3, 0.4) is 0 Å². The smallest absolute Gasteiger partial charge is 0.307 e. The zero-order valence-corrected chi connectivity index (χ0v) is 20.3. The van der Waals surface area contributed by atoms with E-state index >= 15 is 0 Å². The van der Waals surface area contributed by atoms with Crippen LogP contribution in [0.25, 0.3) is 33.4 Å². The lowest BCUT2D eigenvalue weighted by Gasteiger charge is -2.17. The molecule has 0 aliphatic heterocycles. The minimum Gasteiger partial charge on any atom is -0.481 e. The molecule has 7 nitrogen and oxygen atoms in total. The zero-order chi connectivity index (χ0) is 25.1. The standard InChI is InChI=1S/C29H27N5O2/c1-3-6-26-25(23(17-28(35)36)24-15-18(2)9-14-27(24)30-26)16-19-10-12-20(13-11-19)21-7-4-5-8-22(21)29-31-33-34-32-29/h4-5,7-15H,3,6,16-17H2,1-2H3,(H,35,36)(H,31,32,33,34). The van der Waals surface area contributed by atoms with Crippen molar-refractivity contribution in [3.8, 4) is 22.5 Å². The number of benzene rings is 3. The number of aromatic nitrogens is 5. The lowest BCUT2D eigenvalue weighted by molar-refractivity contribution is -0.136. The second-order valence-corrected chi connectivity index (χ2v) is 9.01. The molecule has 0 aliphatic carbocycles. The molecule has 3 aromatic carbocycles. The van der Waals surface area contributed by atoms with Crippen LogP contribution in [0.5, 0.6) is 0 Å². The number of carboxylic acid groups (broad SMARTS) is 1. The molecule has 180 valence electrons. The number of hydrogen-bond acceptors (Lipinski definition) is 5. The molecule has 0 bridgehead atoms. The first-order chi connectivity index (χ1) is 17.5. The Hall–Kier alpha value is -4.39. The molecule has 0 aliphatic rings. The second-order valence-electron chi connectivity index (χ2n) is 9.01. The van der Waals surface area contributed by atoms with E-state index in [1.807, 2.05) is 43.3 Å². The fourth-order valence-electron chi connectivity index (χ4n) is 4.76. The van der Waals surface area contributed by atoms with Crippen LogP contribution in [-0.4, -0.2) is 36.7 Å². The van der Waals surface area contributed by atoms with Crippen molar-refractivity contribution < 1.29 is 9.90 Å². The van der Waals surface area contributed by atoms with Gasteiger partial charge in [-0.1, -0.05) is 73.5 Å². The van der Waals surface area contributed by atoms with Crippen LogP contribution in [0.4, 0.5) is 0 Å². The van der Waals surface area contributed by atoms with Gasteiger partial charge in [-0.25, -0.2) is 0 Å². The lowest BCUT2D eigenvalue weighted by Crippen LogP contribution is -2.10. The fraction of sp³-hybridized carbons (Fsp3) is 0.207. The number of rotatable bonds is 8. The van der Waals surface area contributed by atoms with Gasteiger partial charge >= 0.3 is 5.97 Å². The van der Waals surface area contributed by atoms with Crippen LogP contribution in [0.1, 0.15) is 41.3 Å². The minimum atomic E-state index is -0.832. The van der Waals surface area contributed by atoms with Crippen LogP contribution in [0, 0.1) is 6.92 Å². The maximum Gasteiger partial charge on any atom is 0.307 e. The quantitative estimate of drug-likeness (QED) is 0.303. The molecule has 36 heavy (non-hydrogen) atoms. The largest absolute Gasteiger partial charge is 0.481 e. The molecule has 2 aromatic heterocycles. The van der Waals surface area contributed by atoms with E-state index in [1.165, 1.54) is 0 Å². The van der Waals surface area contributed by atoms with E-state index < -0.39 is 5.97 Å². The Morgan fingerprint density at radius 2 is 1.75 bits per heavy atom. The number of aryl methyl sites for hydroxylation is 2. The molecular weight excluding hydrogens is 450 g/mol. The number of carboxylic acids is 1. The average molecular weight is 478 g/mol. The Balaban J connectivity index is 1.56. The molecule has 0 radical (unpaired) electrons. The Morgan fingerprint density at radius 3 is 2.44 bits per heavy atom. The topological polar surface area (TPSA) is 105 Å². The van der Waals surface area contributed by atoms with Crippen molar-refractivity contribution in [2.45, 2.75) is 39.5 Å². The van der Waals surface area contributed by atoms with Gasteiger partial charge in [0.1, 0.15) is 0 Å². The van der Waals surface area contributed by atoms with E-state index in [-0.39, 0.29) is 6.42 Å². The Morgan fingerprint density at radius 1 is 0.972 bits per heavy atom. The Labute approximate surface area is 209 Å². The van der Waals surface area contributed by atoms with Crippen LogP contribution >= 0.6 is 0 Å². The van der Waals surface area contributed by atoms with E-state index in [0.29, 0.717) is 12.2 Å². The highest BCUT2D eigenvalue weighted by Gasteiger charge is 2.18. The van der Waals surface area contributed by atoms with Crippen LogP contribution in [0.2, 0.25) is 0 Å². The fourth-order valence-corrected chi connectivity index (χ4v) is 4.76. The molecule has 5 rings (SSSR count). The normalized spacial score (nSPS) is 11.2. The van der Waals surface area contributed by atoms with Crippen LogP contribution in [-0.2, 0) is 24.1 Å². The van der Waals surface area contributed by atoms with Gasteiger partial charge in [-0.2, -0.15) is 5.21 Å². The summed E-state index contributed by atoms with van der Waals surface area (Å²) in [5.74, 6) is -0.282. The highest BCUT2D eigenvalue weighted by Crippen LogP contribution is 2.32. The average Bonchev–Trinajstić information content (AvgIpc) is 3.42. The number of fused-ring (bicyclic) bond motifs is 1. The van der Waals surface area contributed by atoms with Gasteiger partial charge in [0.05, 0.1) is 11.9 Å². The first kappa shape index (κ1) is 23.4. The zero-order valence-electron chi connectivity index (χ0n) is 20.3. The number of nitrogens with zero attached hydrogens (tertiary/aromatic N) is 4. The summed E-state index contributed by atoms with van der Waals surface area (Å²) in [5, 5.41) is 25.1. The molecule has 2 heterocycles. The predicted molar refractivity (Wildman–Crippen MR) is 140 cm³/mol. The molecule has 2 N–H and O–H groups in total. The molecule has 0 saturated heterocycles. The van der Waals surface area contributed by atoms with Crippen LogP contribution < -0.4 is 0 Å². The number of aliphatic carboxylic acids is 1. The highest BCUT2D eigenvalue weighted by atomic mass is 16.4. The van der Waals surface area contributed by atoms with Gasteiger partial charge in [0.25, 0.3) is 0 Å². The van der Waals surface area contributed by atoms with Gasteiger partial charge in [0, 0.05) is 16.6 Å². The van der Waals surface area contributed by atoms with E-state index in [9.17, 15) is 9.90 Å². The minimum absolute atomic E-state index is 0.0231. The summed E-state index contributed by atoms with van der Waals surface area (Å²) >= 11 is 0. The SMILES string of the molecule is CCCc1nc2ccc(C)cc2c(CC(=O)O)c1Cc1ccc(-c2ccccc2-c2nn[nH]n2)cc1. The van der Waals surface area contributed by atoms with Crippen molar-refractivity contribution in [3.05, 3.63) is 94.7 Å². The number of H-pyrrole nitrogens is 1. The van der Waals surface area contributed by atoms with E-state index in [1.54, 1.807) is 0 Å². The van der Waals surface area contributed by atoms with Gasteiger partial charge in [0.15, 0.2) is 0 Å². The van der Waals surface area contributed by atoms with Crippen molar-refractivity contribution in [3.63, 3.8) is 0 Å². The molecule has 0 atom stereocenters. The predicted octanol–water partition coefficient (Wildman–Crippen LogP) is 5.56. The second kappa shape index (κ2) is 10.1. The van der Waals surface area contributed by atoms with Crippen molar-refractivity contribution in [1.82, 2.24) is 25.6 Å². The molecule has 7 heteroatoms. The molecular formula is C29H27N5O2. The van der Waals surface area contributed by atoms with Gasteiger partial charge in [0.2, 0.25) is 5.82 Å². The van der Waals surface area contributed by atoms with Crippen molar-refractivity contribution in [2.75, 3.05) is 0 Å². The first-order valence-electron chi connectivity index (χ1n) is 12.1. The number of nitrogens with one attached hydrogen (secondary N) is 1. The van der Waals surface area contributed by atoms with Crippen molar-refractivity contribution >= 4 is 16.9 Å². The van der Waals surface area contributed by atoms with Gasteiger partial charge in [-0.15, -0.1) is 10.2 Å². The van der Waals surface area contributed by atoms with E-state index in [2.05, 4.69) is 57.9 Å². The summed E-state index contributed by atoms with van der Waals surface area (Å²) in [6.45, 7) is 4.15. The maximum atomic E-state index is 11.9. The van der Waals surface area contributed by atoms with Crippen molar-refractivity contribution in [1.29, 1.82) is 0 Å². The molecule has 0 spiro atoms. The summed E-state index contributed by atoms with van der Waals surface area (Å²) in [4.78, 5) is 16.8. The molecule has 0 saturated carbocycles. The van der Waals surface area contributed by atoms with Crippen LogP contribution in [0.15, 0.2) is 66.7 Å². The van der Waals surface area contributed by atoms with E-state index in [0.717, 1.165) is 68.4 Å². The Kier molecular flexibility index (Phi) is 6.54. The van der Waals surface area contributed by atoms with Gasteiger partial charge in [-0.3, -0.25) is 9.78 Å². The number of pyridine rings is 1. The van der Waals surface area contributed by atoms with Crippen molar-refractivity contribution in [2.24, 2.45) is 0 Å². The Bertz CT molecular complexity index is 1530. The number of tetrazole rings is 1. The van der Waals surface area contributed by atoms with Gasteiger partial charge in [-0.05, 0) is 64.9 Å². The molecule has 0 unspecified atom stereocenters. The summed E-state index contributed by atoms with van der Waals surface area (Å²) < 4.78 is 0. The summed E-state index contributed by atoms with van der Waals surface area (Å²) in [5.41, 5.74) is 8.90. The van der Waals surface area contributed by atoms with Gasteiger partial charge < -0.3 is 5.11 Å². The summed E-state index contributed by atoms with van der Waals surface area (Å²) in [6, 6.07) is 22.4. The molecule has 0 amide bonds. The molecule has 0 fully saturated rings. The third-order valence-corrected chi connectivity index (χ3v) is 6.42. The first-order valence-corrected chi connectivity index (χ1v) is 12.1. The number of hydrogen-bond donors (Lipinski definition) is 2. The number of carbonyl (C=O) groups is 1. The summed E-state index contributed by atoms with van der Waals surface area (Å²) in [6.07, 6.45) is 2.35. The lowest BCUT2D eigenvalue weighted by atomic mass is 9.90. The third-order valence-electron chi connectivity index (χ3n) is 6.42.